The second-order valence-corrected chi connectivity index (χ2v) is 4.31. The predicted octanol–water partition coefficient (Wildman–Crippen LogP) is 4.44. The molecule has 0 aromatic rings. The molecule has 4 heteroatoms. The van der Waals surface area contributed by atoms with Gasteiger partial charge in [0.2, 0.25) is 0 Å². The van der Waals surface area contributed by atoms with E-state index in [1.54, 1.807) is 0 Å². The van der Waals surface area contributed by atoms with Crippen LogP contribution in [0.1, 0.15) is 26.2 Å². The van der Waals surface area contributed by atoms with Crippen LogP contribution in [0.15, 0.2) is 10.6 Å². The lowest BCUT2D eigenvalue weighted by atomic mass is 10.2. The van der Waals surface area contributed by atoms with Crippen LogP contribution < -0.4 is 0 Å². The molecule has 0 spiro atoms. The molecular weight excluding hydrogens is 282 g/mol. The lowest BCUT2D eigenvalue weighted by Gasteiger charge is -2.02. The van der Waals surface area contributed by atoms with Gasteiger partial charge in [0, 0.05) is 6.08 Å². The van der Waals surface area contributed by atoms with Crippen molar-refractivity contribution in [2.75, 3.05) is 0 Å². The predicted molar refractivity (Wildman–Crippen MR) is 50.4 cm³/mol. The van der Waals surface area contributed by atoms with E-state index in [0.717, 1.165) is 18.9 Å². The maximum Gasteiger partial charge on any atom is 0.320 e. The van der Waals surface area contributed by atoms with E-state index in [1.807, 2.05) is 6.92 Å². The molecule has 0 aliphatic rings. The number of allylic oxidation sites excluding steroid dienone is 2. The van der Waals surface area contributed by atoms with Crippen LogP contribution in [0.2, 0.25) is 0 Å². The molecule has 0 atom stereocenters. The van der Waals surface area contributed by atoms with Crippen molar-refractivity contribution in [1.29, 1.82) is 0 Å². The van der Waals surface area contributed by atoms with Crippen molar-refractivity contribution in [2.24, 2.45) is 0 Å². The van der Waals surface area contributed by atoms with Gasteiger partial charge in [0.1, 0.15) is 0 Å². The average Bonchev–Trinajstić information content (AvgIpc) is 1.79. The van der Waals surface area contributed by atoms with Crippen LogP contribution in [0.4, 0.5) is 8.78 Å². The molecule has 0 bridgehead atoms. The topological polar surface area (TPSA) is 0 Å². The Hall–Kier alpha value is 0.560. The molecule has 11 heavy (non-hydrogen) atoms. The van der Waals surface area contributed by atoms with E-state index in [2.05, 4.69) is 31.9 Å². The fourth-order valence-electron chi connectivity index (χ4n) is 0.595. The quantitative estimate of drug-likeness (QED) is 0.672. The maximum atomic E-state index is 12.2. The van der Waals surface area contributed by atoms with E-state index >= 15 is 0 Å². The first-order chi connectivity index (χ1) is 4.95. The standard InChI is InChI=1S/C7H10Br2F2/c1-2-3-4-6(8)5-7(9,10)11/h5H,2-4H2,1H3/b6-5+. The minimum absolute atomic E-state index is 0.557. The van der Waals surface area contributed by atoms with Gasteiger partial charge in [-0.2, -0.15) is 8.78 Å². The summed E-state index contributed by atoms with van der Waals surface area (Å²) in [7, 11) is 0. The molecule has 0 heterocycles. The monoisotopic (exact) mass is 290 g/mol. The van der Waals surface area contributed by atoms with Crippen molar-refractivity contribution < 1.29 is 8.78 Å². The molecule has 66 valence electrons. The lowest BCUT2D eigenvalue weighted by Crippen LogP contribution is -1.98. The maximum absolute atomic E-state index is 12.2. The van der Waals surface area contributed by atoms with Crippen LogP contribution in [0, 0.1) is 0 Å². The van der Waals surface area contributed by atoms with Gasteiger partial charge in [0.15, 0.2) is 0 Å². The molecule has 0 nitrogen and oxygen atoms in total. The summed E-state index contributed by atoms with van der Waals surface area (Å²) in [6, 6.07) is 0. The number of halogens is 4. The fourth-order valence-corrected chi connectivity index (χ4v) is 1.75. The molecule has 0 aromatic heterocycles. The molecule has 0 saturated heterocycles. The van der Waals surface area contributed by atoms with E-state index < -0.39 is 4.83 Å². The Morgan fingerprint density at radius 3 is 2.45 bits per heavy atom. The minimum Gasteiger partial charge on any atom is -0.189 e. The number of hydrogen-bond donors (Lipinski definition) is 0. The summed E-state index contributed by atoms with van der Waals surface area (Å²) in [5.41, 5.74) is 0. The zero-order chi connectivity index (χ0) is 8.91. The molecule has 0 saturated carbocycles. The molecule has 0 aliphatic heterocycles. The Kier molecular flexibility index (Phi) is 5.52. The lowest BCUT2D eigenvalue weighted by molar-refractivity contribution is 0.171. The van der Waals surface area contributed by atoms with E-state index in [9.17, 15) is 8.78 Å². The smallest absolute Gasteiger partial charge is 0.189 e. The largest absolute Gasteiger partial charge is 0.320 e. The van der Waals surface area contributed by atoms with Gasteiger partial charge in [-0.15, -0.1) is 0 Å². The molecule has 0 fully saturated rings. The zero-order valence-corrected chi connectivity index (χ0v) is 9.38. The summed E-state index contributed by atoms with van der Waals surface area (Å²) in [6.07, 6.45) is 3.50. The number of hydrogen-bond acceptors (Lipinski definition) is 0. The zero-order valence-electron chi connectivity index (χ0n) is 6.21. The third kappa shape index (κ3) is 8.47. The van der Waals surface area contributed by atoms with Gasteiger partial charge >= 0.3 is 4.83 Å². The summed E-state index contributed by atoms with van der Waals surface area (Å²) in [6.45, 7) is 2.02. The van der Waals surface area contributed by atoms with Crippen molar-refractivity contribution in [2.45, 2.75) is 31.0 Å². The van der Waals surface area contributed by atoms with Crippen molar-refractivity contribution in [1.82, 2.24) is 0 Å². The summed E-state index contributed by atoms with van der Waals surface area (Å²) >= 11 is 5.30. The van der Waals surface area contributed by atoms with E-state index in [4.69, 9.17) is 0 Å². The van der Waals surface area contributed by atoms with Gasteiger partial charge in [0.25, 0.3) is 0 Å². The van der Waals surface area contributed by atoms with E-state index in [0.29, 0.717) is 10.9 Å². The average molecular weight is 292 g/mol. The second-order valence-electron chi connectivity index (χ2n) is 2.24. The molecule has 0 N–H and O–H groups in total. The van der Waals surface area contributed by atoms with Gasteiger partial charge in [0.05, 0.1) is 0 Å². The van der Waals surface area contributed by atoms with Crippen LogP contribution in [0.5, 0.6) is 0 Å². The third-order valence-electron chi connectivity index (χ3n) is 1.09. The molecule has 0 amide bonds. The Morgan fingerprint density at radius 1 is 1.55 bits per heavy atom. The first-order valence-corrected chi connectivity index (χ1v) is 4.98. The van der Waals surface area contributed by atoms with Gasteiger partial charge in [-0.1, -0.05) is 29.3 Å². The summed E-state index contributed by atoms with van der Waals surface area (Å²) in [4.78, 5) is -2.88. The third-order valence-corrected chi connectivity index (χ3v) is 1.94. The highest BCUT2D eigenvalue weighted by Gasteiger charge is 2.19. The number of alkyl halides is 3. The van der Waals surface area contributed by atoms with Crippen LogP contribution in [-0.4, -0.2) is 4.83 Å². The van der Waals surface area contributed by atoms with Crippen LogP contribution in [0.25, 0.3) is 0 Å². The fraction of sp³-hybridized carbons (Fsp3) is 0.714. The van der Waals surface area contributed by atoms with Crippen molar-refractivity contribution in [3.63, 3.8) is 0 Å². The van der Waals surface area contributed by atoms with Crippen LogP contribution >= 0.6 is 31.9 Å². The van der Waals surface area contributed by atoms with E-state index in [1.165, 1.54) is 0 Å². The normalized spacial score (nSPS) is 13.7. The number of unbranched alkanes of at least 4 members (excludes halogenated alkanes) is 1. The van der Waals surface area contributed by atoms with Crippen LogP contribution in [-0.2, 0) is 0 Å². The Bertz CT molecular complexity index is 138. The van der Waals surface area contributed by atoms with Crippen molar-refractivity contribution in [3.8, 4) is 0 Å². The van der Waals surface area contributed by atoms with Gasteiger partial charge in [-0.05, 0) is 33.3 Å². The second kappa shape index (κ2) is 5.25. The van der Waals surface area contributed by atoms with E-state index in [-0.39, 0.29) is 0 Å². The molecule has 0 aromatic carbocycles. The molecule has 0 rings (SSSR count). The molecule has 0 aliphatic carbocycles. The highest BCUT2D eigenvalue weighted by atomic mass is 79.9. The van der Waals surface area contributed by atoms with Gasteiger partial charge in [-0.3, -0.25) is 0 Å². The summed E-state index contributed by atoms with van der Waals surface area (Å²) in [5, 5.41) is 0. The highest BCUT2D eigenvalue weighted by Crippen LogP contribution is 2.28. The Morgan fingerprint density at radius 2 is 2.09 bits per heavy atom. The SMILES string of the molecule is CCCC/C(Br)=C\C(F)(F)Br. The van der Waals surface area contributed by atoms with Crippen molar-refractivity contribution >= 4 is 31.9 Å². The highest BCUT2D eigenvalue weighted by molar-refractivity contribution is 9.12. The summed E-state index contributed by atoms with van der Waals surface area (Å²) in [5.74, 6) is 0. The van der Waals surface area contributed by atoms with Crippen LogP contribution in [0.3, 0.4) is 0 Å². The molecular formula is C7H10Br2F2. The Balaban J connectivity index is 3.81. The van der Waals surface area contributed by atoms with Crippen molar-refractivity contribution in [3.05, 3.63) is 10.6 Å². The molecule has 0 radical (unpaired) electrons. The minimum atomic E-state index is -2.88. The van der Waals surface area contributed by atoms with Gasteiger partial charge < -0.3 is 0 Å². The summed E-state index contributed by atoms with van der Waals surface area (Å²) < 4.78 is 25.0. The first-order valence-electron chi connectivity index (χ1n) is 3.39. The Labute approximate surface area is 82.3 Å². The van der Waals surface area contributed by atoms with Gasteiger partial charge in [-0.25, -0.2) is 0 Å². The molecule has 0 unspecified atom stereocenters. The number of rotatable bonds is 4. The first kappa shape index (κ1) is 11.6.